The normalized spacial score (nSPS) is 36.6. The van der Waals surface area contributed by atoms with Crippen molar-refractivity contribution in [2.24, 2.45) is 17.8 Å². The molecule has 3 unspecified atom stereocenters. The van der Waals surface area contributed by atoms with Crippen molar-refractivity contribution in [3.8, 4) is 11.5 Å². The molecule has 1 N–H and O–H groups in total. The van der Waals surface area contributed by atoms with Crippen molar-refractivity contribution in [3.63, 3.8) is 0 Å². The fourth-order valence-corrected chi connectivity index (χ4v) is 5.91. The second kappa shape index (κ2) is 6.54. The summed E-state index contributed by atoms with van der Waals surface area (Å²) in [5, 5.41) is 11.2. The summed E-state index contributed by atoms with van der Waals surface area (Å²) in [6, 6.07) is 17.4. The smallest absolute Gasteiger partial charge is 0.118 e. The molecule has 0 amide bonds. The van der Waals surface area contributed by atoms with Crippen molar-refractivity contribution in [3.05, 3.63) is 59.7 Å². The molecule has 2 aromatic rings. The average Bonchev–Trinajstić information content (AvgIpc) is 2.72. The molecule has 27 heavy (non-hydrogen) atoms. The SMILES string of the molecule is COc1ccc([C@@H]2[C@@H]3CC4C[C@@H](C3O)[C@@H](c3ccc(OC)cc3)N2C4)cc1. The fourth-order valence-electron chi connectivity index (χ4n) is 5.91. The highest BCUT2D eigenvalue weighted by atomic mass is 16.5. The summed E-state index contributed by atoms with van der Waals surface area (Å²) in [6.07, 6.45) is 2.04. The van der Waals surface area contributed by atoms with Crippen LogP contribution in [0.2, 0.25) is 0 Å². The van der Waals surface area contributed by atoms with Gasteiger partial charge in [-0.2, -0.15) is 0 Å². The van der Waals surface area contributed by atoms with Crippen molar-refractivity contribution in [1.82, 2.24) is 4.90 Å². The minimum Gasteiger partial charge on any atom is -0.497 e. The predicted molar refractivity (Wildman–Crippen MR) is 104 cm³/mol. The molecule has 1 aliphatic carbocycles. The first kappa shape index (κ1) is 17.1. The number of methoxy groups -OCH3 is 2. The zero-order valence-electron chi connectivity index (χ0n) is 15.9. The number of rotatable bonds is 4. The van der Waals surface area contributed by atoms with Gasteiger partial charge in [0.1, 0.15) is 11.5 Å². The van der Waals surface area contributed by atoms with Crippen LogP contribution in [0.15, 0.2) is 48.5 Å². The molecule has 4 heteroatoms. The molecule has 7 atom stereocenters. The Balaban J connectivity index is 1.54. The predicted octanol–water partition coefficient (Wildman–Crippen LogP) is 3.82. The Hall–Kier alpha value is -2.04. The van der Waals surface area contributed by atoms with E-state index < -0.39 is 0 Å². The van der Waals surface area contributed by atoms with E-state index in [9.17, 15) is 5.11 Å². The summed E-state index contributed by atoms with van der Waals surface area (Å²) < 4.78 is 10.7. The Labute approximate surface area is 160 Å². The Bertz CT molecular complexity index is 738. The third-order valence-electron chi connectivity index (χ3n) is 7.00. The number of ether oxygens (including phenoxy) is 2. The van der Waals surface area contributed by atoms with Crippen LogP contribution in [0.4, 0.5) is 0 Å². The highest BCUT2D eigenvalue weighted by molar-refractivity contribution is 5.35. The average molecular weight is 365 g/mol. The summed E-state index contributed by atoms with van der Waals surface area (Å²) in [4.78, 5) is 2.66. The summed E-state index contributed by atoms with van der Waals surface area (Å²) in [7, 11) is 3.40. The van der Waals surface area contributed by atoms with Crippen molar-refractivity contribution < 1.29 is 14.6 Å². The number of piperidine rings is 3. The second-order valence-electron chi connectivity index (χ2n) is 8.29. The molecule has 4 bridgehead atoms. The summed E-state index contributed by atoms with van der Waals surface area (Å²) in [6.45, 7) is 1.12. The quantitative estimate of drug-likeness (QED) is 0.894. The van der Waals surface area contributed by atoms with E-state index in [1.165, 1.54) is 11.1 Å². The van der Waals surface area contributed by atoms with Crippen LogP contribution in [0.3, 0.4) is 0 Å². The molecule has 4 fully saturated rings. The molecular formula is C23H27NO3. The van der Waals surface area contributed by atoms with Gasteiger partial charge in [0.05, 0.1) is 20.3 Å². The molecule has 3 saturated heterocycles. The standard InChI is InChI=1S/C23H27NO3/c1-26-17-7-3-15(4-8-17)21-19-11-14-12-20(23(19)25)22(24(21)13-14)16-5-9-18(27-2)10-6-16/h3-10,14,19-23,25H,11-13H2,1-2H3/t14?,19-,20+,21-,22-,23?/m1/s1. The van der Waals surface area contributed by atoms with Crippen LogP contribution >= 0.6 is 0 Å². The van der Waals surface area contributed by atoms with E-state index >= 15 is 0 Å². The van der Waals surface area contributed by atoms with E-state index in [1.807, 2.05) is 24.3 Å². The summed E-state index contributed by atoms with van der Waals surface area (Å²) in [5.41, 5.74) is 2.58. The molecule has 4 aliphatic rings. The maximum absolute atomic E-state index is 11.2. The number of hydrogen-bond donors (Lipinski definition) is 1. The van der Waals surface area contributed by atoms with Gasteiger partial charge in [0.25, 0.3) is 0 Å². The van der Waals surface area contributed by atoms with Crippen molar-refractivity contribution in [2.75, 3.05) is 20.8 Å². The van der Waals surface area contributed by atoms with Gasteiger partial charge < -0.3 is 14.6 Å². The topological polar surface area (TPSA) is 41.9 Å². The molecule has 2 aromatic carbocycles. The third-order valence-corrected chi connectivity index (χ3v) is 7.00. The number of aliphatic hydroxyl groups is 1. The maximum atomic E-state index is 11.2. The van der Waals surface area contributed by atoms with Gasteiger partial charge in [-0.1, -0.05) is 24.3 Å². The van der Waals surface area contributed by atoms with Crippen molar-refractivity contribution >= 4 is 0 Å². The van der Waals surface area contributed by atoms with Gasteiger partial charge >= 0.3 is 0 Å². The molecular weight excluding hydrogens is 338 g/mol. The van der Waals surface area contributed by atoms with E-state index in [2.05, 4.69) is 29.2 Å². The molecule has 4 nitrogen and oxygen atoms in total. The third kappa shape index (κ3) is 2.66. The van der Waals surface area contributed by atoms with E-state index in [4.69, 9.17) is 9.47 Å². The van der Waals surface area contributed by atoms with Gasteiger partial charge in [0, 0.05) is 30.5 Å². The highest BCUT2D eigenvalue weighted by Crippen LogP contribution is 2.59. The Morgan fingerprint density at radius 2 is 1.22 bits per heavy atom. The molecule has 3 heterocycles. The first-order valence-corrected chi connectivity index (χ1v) is 9.91. The zero-order valence-corrected chi connectivity index (χ0v) is 15.9. The zero-order chi connectivity index (χ0) is 18.5. The number of nitrogens with zero attached hydrogens (tertiary/aromatic N) is 1. The highest BCUT2D eigenvalue weighted by Gasteiger charge is 2.57. The van der Waals surface area contributed by atoms with Crippen LogP contribution in [0.5, 0.6) is 11.5 Å². The van der Waals surface area contributed by atoms with Crippen molar-refractivity contribution in [1.29, 1.82) is 0 Å². The molecule has 0 spiro atoms. The van der Waals surface area contributed by atoms with Gasteiger partial charge in [0.15, 0.2) is 0 Å². The van der Waals surface area contributed by atoms with E-state index in [1.54, 1.807) is 14.2 Å². The van der Waals surface area contributed by atoms with Gasteiger partial charge in [-0.25, -0.2) is 0 Å². The lowest BCUT2D eigenvalue weighted by Crippen LogP contribution is -2.62. The maximum Gasteiger partial charge on any atom is 0.118 e. The summed E-state index contributed by atoms with van der Waals surface area (Å²) >= 11 is 0. The van der Waals surface area contributed by atoms with E-state index in [0.717, 1.165) is 30.9 Å². The first-order valence-electron chi connectivity index (χ1n) is 9.91. The second-order valence-corrected chi connectivity index (χ2v) is 8.29. The van der Waals surface area contributed by atoms with Crippen LogP contribution in [-0.4, -0.2) is 36.9 Å². The van der Waals surface area contributed by atoms with Crippen molar-refractivity contribution in [2.45, 2.75) is 31.0 Å². The lowest BCUT2D eigenvalue weighted by molar-refractivity contribution is -0.179. The Morgan fingerprint density at radius 1 is 0.778 bits per heavy atom. The van der Waals surface area contributed by atoms with Gasteiger partial charge in [-0.3, -0.25) is 4.90 Å². The van der Waals surface area contributed by atoms with Gasteiger partial charge in [-0.15, -0.1) is 0 Å². The van der Waals surface area contributed by atoms with Gasteiger partial charge in [0.2, 0.25) is 0 Å². The van der Waals surface area contributed by atoms with Crippen LogP contribution in [0.25, 0.3) is 0 Å². The van der Waals surface area contributed by atoms with Crippen LogP contribution < -0.4 is 9.47 Å². The molecule has 0 aromatic heterocycles. The number of hydrogen-bond acceptors (Lipinski definition) is 4. The first-order chi connectivity index (χ1) is 13.2. The Kier molecular flexibility index (Phi) is 4.14. The van der Waals surface area contributed by atoms with E-state index in [-0.39, 0.29) is 18.2 Å². The monoisotopic (exact) mass is 365 g/mol. The van der Waals surface area contributed by atoms with Crippen LogP contribution in [0.1, 0.15) is 36.1 Å². The summed E-state index contributed by atoms with van der Waals surface area (Å²) in [5.74, 6) is 3.12. The molecule has 6 rings (SSSR count). The van der Waals surface area contributed by atoms with E-state index in [0.29, 0.717) is 17.8 Å². The number of benzene rings is 2. The molecule has 3 aliphatic heterocycles. The minimum absolute atomic E-state index is 0.239. The fraction of sp³-hybridized carbons (Fsp3) is 0.478. The minimum atomic E-state index is -0.239. The van der Waals surface area contributed by atoms with Gasteiger partial charge in [-0.05, 0) is 54.2 Å². The lowest BCUT2D eigenvalue weighted by atomic mass is 9.58. The van der Waals surface area contributed by atoms with Crippen LogP contribution in [0, 0.1) is 17.8 Å². The van der Waals surface area contributed by atoms with Crippen LogP contribution in [-0.2, 0) is 0 Å². The largest absolute Gasteiger partial charge is 0.497 e. The lowest BCUT2D eigenvalue weighted by Gasteiger charge is -2.62. The molecule has 1 saturated carbocycles. The molecule has 0 radical (unpaired) electrons. The molecule has 142 valence electrons. The Morgan fingerprint density at radius 3 is 1.63 bits per heavy atom. The number of aliphatic hydroxyl groups excluding tert-OH is 1.